The molecule has 1 amide bonds. The van der Waals surface area contributed by atoms with E-state index in [-0.39, 0.29) is 16.8 Å². The summed E-state index contributed by atoms with van der Waals surface area (Å²) in [6.07, 6.45) is 4.83. The van der Waals surface area contributed by atoms with E-state index in [1.807, 2.05) is 40.9 Å². The van der Waals surface area contributed by atoms with Crippen molar-refractivity contribution in [2.45, 2.75) is 23.9 Å². The Morgan fingerprint density at radius 3 is 2.88 bits per heavy atom. The van der Waals surface area contributed by atoms with Crippen LogP contribution in [-0.2, 0) is 11.3 Å². The molecule has 2 fully saturated rings. The number of likely N-dealkylation sites (tertiary alicyclic amines) is 1. The average molecular weight is 375 g/mol. The molecule has 25 heavy (non-hydrogen) atoms. The number of rotatable bonds is 4. The van der Waals surface area contributed by atoms with Crippen LogP contribution in [0, 0.1) is 0 Å². The number of benzene rings is 1. The minimum atomic E-state index is 0.0647. The normalized spacial score (nSPS) is 21.3. The summed E-state index contributed by atoms with van der Waals surface area (Å²) in [4.78, 5) is 18.5. The second-order valence-corrected chi connectivity index (χ2v) is 8.58. The third kappa shape index (κ3) is 3.68. The Kier molecular flexibility index (Phi) is 4.71. The number of thioether (sulfide) groups is 1. The third-order valence-electron chi connectivity index (χ3n) is 4.73. The molecule has 1 aromatic heterocycles. The third-order valence-corrected chi connectivity index (χ3v) is 6.54. The Morgan fingerprint density at radius 2 is 2.12 bits per heavy atom. The van der Waals surface area contributed by atoms with Crippen LogP contribution in [0.2, 0.25) is 5.02 Å². The molecule has 1 aromatic carbocycles. The lowest BCUT2D eigenvalue weighted by molar-refractivity contribution is 0.0255. The molecule has 0 radical (unpaired) electrons. The van der Waals surface area contributed by atoms with E-state index >= 15 is 0 Å². The summed E-state index contributed by atoms with van der Waals surface area (Å²) < 4.78 is 6.21. The quantitative estimate of drug-likeness (QED) is 0.819. The lowest BCUT2D eigenvalue weighted by Gasteiger charge is -2.47. The molecule has 2 aliphatic rings. The van der Waals surface area contributed by atoms with Crippen LogP contribution in [0.25, 0.3) is 0 Å². The lowest BCUT2D eigenvalue weighted by Crippen LogP contribution is -2.60. The zero-order valence-corrected chi connectivity index (χ0v) is 15.3. The van der Waals surface area contributed by atoms with Crippen molar-refractivity contribution in [3.05, 3.63) is 64.9 Å². The van der Waals surface area contributed by atoms with Gasteiger partial charge < -0.3 is 9.64 Å². The van der Waals surface area contributed by atoms with Gasteiger partial charge in [-0.2, -0.15) is 0 Å². The molecule has 2 aliphatic heterocycles. The highest BCUT2D eigenvalue weighted by Gasteiger charge is 2.50. The fourth-order valence-electron chi connectivity index (χ4n) is 3.42. The Bertz CT molecular complexity index is 765. The predicted molar refractivity (Wildman–Crippen MR) is 100.0 cm³/mol. The van der Waals surface area contributed by atoms with Crippen LogP contribution in [0.5, 0.6) is 0 Å². The SMILES string of the molecule is O=C(c1cccc(Cl)c1)N1CC2(CC(OCc3ccncc3)CS2)C1. The molecule has 0 saturated carbocycles. The summed E-state index contributed by atoms with van der Waals surface area (Å²) in [6.45, 7) is 2.20. The van der Waals surface area contributed by atoms with Gasteiger partial charge in [-0.3, -0.25) is 9.78 Å². The number of carbonyl (C=O) groups is 1. The molecule has 3 heterocycles. The largest absolute Gasteiger partial charge is 0.373 e. The highest BCUT2D eigenvalue weighted by Crippen LogP contribution is 2.46. The van der Waals surface area contributed by atoms with Gasteiger partial charge in [-0.05, 0) is 42.3 Å². The number of amides is 1. The van der Waals surface area contributed by atoms with Gasteiger partial charge in [0.05, 0.1) is 17.5 Å². The zero-order valence-electron chi connectivity index (χ0n) is 13.7. The maximum absolute atomic E-state index is 12.5. The van der Waals surface area contributed by atoms with E-state index in [4.69, 9.17) is 16.3 Å². The van der Waals surface area contributed by atoms with E-state index in [2.05, 4.69) is 4.98 Å². The van der Waals surface area contributed by atoms with Crippen LogP contribution in [-0.4, -0.2) is 45.5 Å². The zero-order chi connectivity index (χ0) is 17.3. The van der Waals surface area contributed by atoms with Crippen molar-refractivity contribution in [2.24, 2.45) is 0 Å². The summed E-state index contributed by atoms with van der Waals surface area (Å²) in [6, 6.07) is 11.1. The van der Waals surface area contributed by atoms with E-state index in [0.29, 0.717) is 17.2 Å². The van der Waals surface area contributed by atoms with Crippen LogP contribution < -0.4 is 0 Å². The Morgan fingerprint density at radius 1 is 1.32 bits per heavy atom. The van der Waals surface area contributed by atoms with Gasteiger partial charge in [-0.1, -0.05) is 17.7 Å². The molecule has 4 nitrogen and oxygen atoms in total. The van der Waals surface area contributed by atoms with E-state index in [1.54, 1.807) is 24.5 Å². The first kappa shape index (κ1) is 16.9. The topological polar surface area (TPSA) is 42.4 Å². The monoisotopic (exact) mass is 374 g/mol. The van der Waals surface area contributed by atoms with Crippen LogP contribution in [0.3, 0.4) is 0 Å². The van der Waals surface area contributed by atoms with E-state index < -0.39 is 0 Å². The first-order valence-corrected chi connectivity index (χ1v) is 9.69. The Labute approximate surface area is 156 Å². The van der Waals surface area contributed by atoms with Crippen molar-refractivity contribution in [3.63, 3.8) is 0 Å². The number of hydrogen-bond donors (Lipinski definition) is 0. The summed E-state index contributed by atoms with van der Waals surface area (Å²) in [7, 11) is 0. The fraction of sp³-hybridized carbons (Fsp3) is 0.368. The van der Waals surface area contributed by atoms with Crippen LogP contribution in [0.1, 0.15) is 22.3 Å². The van der Waals surface area contributed by atoms with Crippen molar-refractivity contribution in [1.29, 1.82) is 0 Å². The highest BCUT2D eigenvalue weighted by atomic mass is 35.5. The minimum absolute atomic E-state index is 0.0647. The van der Waals surface area contributed by atoms with E-state index in [1.165, 1.54) is 0 Å². The number of aromatic nitrogens is 1. The second kappa shape index (κ2) is 6.98. The van der Waals surface area contributed by atoms with Gasteiger partial charge in [-0.25, -0.2) is 0 Å². The first-order chi connectivity index (χ1) is 12.1. The predicted octanol–water partition coefficient (Wildman–Crippen LogP) is 3.65. The molecule has 1 unspecified atom stereocenters. The summed E-state index contributed by atoms with van der Waals surface area (Å²) in [5.74, 6) is 1.06. The molecule has 2 aromatic rings. The van der Waals surface area contributed by atoms with Crippen LogP contribution in [0.4, 0.5) is 0 Å². The van der Waals surface area contributed by atoms with Gasteiger partial charge in [0.15, 0.2) is 0 Å². The number of carbonyl (C=O) groups excluding carboxylic acids is 1. The molecule has 2 saturated heterocycles. The molecule has 1 atom stereocenters. The number of hydrogen-bond acceptors (Lipinski definition) is 4. The molecule has 130 valence electrons. The fourth-order valence-corrected chi connectivity index (χ4v) is 5.16. The molecule has 6 heteroatoms. The maximum Gasteiger partial charge on any atom is 0.254 e. The van der Waals surface area contributed by atoms with Crippen molar-refractivity contribution < 1.29 is 9.53 Å². The number of nitrogens with zero attached hydrogens (tertiary/aromatic N) is 2. The van der Waals surface area contributed by atoms with Crippen LogP contribution >= 0.6 is 23.4 Å². The molecule has 1 spiro atoms. The number of ether oxygens (including phenoxy) is 1. The molecular weight excluding hydrogens is 356 g/mol. The molecule has 0 N–H and O–H groups in total. The number of halogens is 1. The van der Waals surface area contributed by atoms with Crippen molar-refractivity contribution in [2.75, 3.05) is 18.8 Å². The van der Waals surface area contributed by atoms with Crippen molar-refractivity contribution in [3.8, 4) is 0 Å². The van der Waals surface area contributed by atoms with Gasteiger partial charge in [0, 0.05) is 41.8 Å². The second-order valence-electron chi connectivity index (χ2n) is 6.66. The number of pyridine rings is 1. The van der Waals surface area contributed by atoms with Gasteiger partial charge in [0.1, 0.15) is 0 Å². The lowest BCUT2D eigenvalue weighted by atomic mass is 9.92. The van der Waals surface area contributed by atoms with Gasteiger partial charge in [0.2, 0.25) is 0 Å². The van der Waals surface area contributed by atoms with Gasteiger partial charge in [0.25, 0.3) is 5.91 Å². The smallest absolute Gasteiger partial charge is 0.254 e. The van der Waals surface area contributed by atoms with E-state index in [9.17, 15) is 4.79 Å². The maximum atomic E-state index is 12.5. The Hall–Kier alpha value is -1.56. The summed E-state index contributed by atoms with van der Waals surface area (Å²) >= 11 is 7.92. The van der Waals surface area contributed by atoms with Crippen molar-refractivity contribution >= 4 is 29.3 Å². The molecule has 0 aliphatic carbocycles. The van der Waals surface area contributed by atoms with E-state index in [0.717, 1.165) is 30.8 Å². The van der Waals surface area contributed by atoms with Gasteiger partial charge in [-0.15, -0.1) is 11.8 Å². The average Bonchev–Trinajstić information content (AvgIpc) is 3.04. The first-order valence-electron chi connectivity index (χ1n) is 8.33. The molecular formula is C19H19ClN2O2S. The molecule has 4 rings (SSSR count). The van der Waals surface area contributed by atoms with Crippen molar-refractivity contribution in [1.82, 2.24) is 9.88 Å². The van der Waals surface area contributed by atoms with Crippen LogP contribution in [0.15, 0.2) is 48.8 Å². The molecule has 0 bridgehead atoms. The van der Waals surface area contributed by atoms with Gasteiger partial charge >= 0.3 is 0 Å². The summed E-state index contributed by atoms with van der Waals surface area (Å²) in [5, 5.41) is 0.598. The summed E-state index contributed by atoms with van der Waals surface area (Å²) in [5.41, 5.74) is 1.81. The standard InChI is InChI=1S/C19H19ClN2O2S/c20-16-3-1-2-15(8-16)18(23)22-12-19(13-22)9-17(11-25-19)24-10-14-4-6-21-7-5-14/h1-8,17H,9-13H2. The minimum Gasteiger partial charge on any atom is -0.373 e. The Balaban J connectivity index is 1.29. The highest BCUT2D eigenvalue weighted by molar-refractivity contribution is 8.01.